The van der Waals surface area contributed by atoms with Gasteiger partial charge in [0.15, 0.2) is 16.6 Å². The minimum absolute atomic E-state index is 0. The van der Waals surface area contributed by atoms with Crippen molar-refractivity contribution in [1.29, 1.82) is 0 Å². The maximum absolute atomic E-state index is 11.4. The van der Waals surface area contributed by atoms with E-state index >= 15 is 0 Å². The first kappa shape index (κ1) is 32.2. The number of amides is 1. The summed E-state index contributed by atoms with van der Waals surface area (Å²) >= 11 is 0. The molecule has 0 rings (SSSR count). The number of ether oxygens (including phenoxy) is 1. The lowest BCUT2D eigenvalue weighted by Crippen LogP contribution is -2.47. The first-order valence-corrected chi connectivity index (χ1v) is 15.7. The molecular weight excluding hydrogens is 390 g/mol. The van der Waals surface area contributed by atoms with Crippen LogP contribution in [0.1, 0.15) is 41.0 Å². The molecule has 28 heavy (non-hydrogen) atoms. The lowest BCUT2D eigenvalue weighted by Gasteiger charge is -2.34. The Balaban J connectivity index is -0.00000312. The van der Waals surface area contributed by atoms with Crippen molar-refractivity contribution < 1.29 is 23.9 Å². The van der Waals surface area contributed by atoms with Crippen LogP contribution in [0.3, 0.4) is 0 Å². The van der Waals surface area contributed by atoms with Gasteiger partial charge in [0, 0.05) is 13.7 Å². The Labute approximate surface area is 176 Å². The van der Waals surface area contributed by atoms with Crippen molar-refractivity contribution in [2.75, 3.05) is 26.8 Å². The summed E-state index contributed by atoms with van der Waals surface area (Å²) in [6.45, 7) is 14.6. The third-order valence-corrected chi connectivity index (χ3v) is 11.7. The molecule has 0 aromatic carbocycles. The van der Waals surface area contributed by atoms with E-state index < -0.39 is 22.4 Å². The molecule has 0 radical (unpaired) electrons. The SMILES string of the molecule is C.C.C=CC(=O)N(C)CC(O)(O)COCCC[Si](C)(C)O[Si](C)(C)CCCC. The van der Waals surface area contributed by atoms with Crippen LogP contribution in [-0.2, 0) is 13.6 Å². The lowest BCUT2D eigenvalue weighted by atomic mass is 10.3. The highest BCUT2D eigenvalue weighted by molar-refractivity contribution is 6.84. The third-order valence-electron chi connectivity index (χ3n) is 4.13. The number of carbonyl (C=O) groups excluding carboxylic acids is 1. The van der Waals surface area contributed by atoms with Crippen LogP contribution in [0.15, 0.2) is 12.7 Å². The van der Waals surface area contributed by atoms with Crippen LogP contribution >= 0.6 is 0 Å². The molecule has 6 nitrogen and oxygen atoms in total. The second kappa shape index (κ2) is 14.5. The van der Waals surface area contributed by atoms with Gasteiger partial charge in [0.25, 0.3) is 0 Å². The predicted molar refractivity (Wildman–Crippen MR) is 124 cm³/mol. The molecule has 8 heteroatoms. The number of nitrogens with zero attached hydrogens (tertiary/aromatic N) is 1. The van der Waals surface area contributed by atoms with Crippen LogP contribution in [0.5, 0.6) is 0 Å². The number of carbonyl (C=O) groups is 1. The molecule has 0 saturated carbocycles. The van der Waals surface area contributed by atoms with Crippen molar-refractivity contribution in [3.8, 4) is 0 Å². The molecule has 0 aromatic heterocycles. The van der Waals surface area contributed by atoms with Crippen molar-refractivity contribution in [3.05, 3.63) is 12.7 Å². The number of rotatable bonds is 14. The lowest BCUT2D eigenvalue weighted by molar-refractivity contribution is -0.206. The molecule has 0 aliphatic carbocycles. The molecule has 0 spiro atoms. The Morgan fingerprint density at radius 3 is 2.07 bits per heavy atom. The van der Waals surface area contributed by atoms with Gasteiger partial charge in [0.05, 0.1) is 6.54 Å². The van der Waals surface area contributed by atoms with Gasteiger partial charge in [-0.3, -0.25) is 4.79 Å². The van der Waals surface area contributed by atoms with Crippen molar-refractivity contribution in [2.24, 2.45) is 0 Å². The van der Waals surface area contributed by atoms with Crippen molar-refractivity contribution in [1.82, 2.24) is 4.90 Å². The smallest absolute Gasteiger partial charge is 0.245 e. The van der Waals surface area contributed by atoms with Gasteiger partial charge in [-0.15, -0.1) is 0 Å². The number of hydrogen-bond donors (Lipinski definition) is 2. The first-order chi connectivity index (χ1) is 11.8. The zero-order valence-electron chi connectivity index (χ0n) is 17.5. The monoisotopic (exact) mass is 437 g/mol. The highest BCUT2D eigenvalue weighted by Crippen LogP contribution is 2.24. The number of hydrogen-bond acceptors (Lipinski definition) is 5. The minimum atomic E-state index is -2.06. The summed E-state index contributed by atoms with van der Waals surface area (Å²) in [5, 5.41) is 19.8. The van der Waals surface area contributed by atoms with Crippen LogP contribution in [0, 0.1) is 0 Å². The van der Waals surface area contributed by atoms with E-state index in [4.69, 9.17) is 8.85 Å². The van der Waals surface area contributed by atoms with Gasteiger partial charge in [0.1, 0.15) is 6.61 Å². The fraction of sp³-hybridized carbons (Fsp3) is 0.850. The highest BCUT2D eigenvalue weighted by atomic mass is 28.4. The molecule has 0 atom stereocenters. The Kier molecular flexibility index (Phi) is 16.6. The van der Waals surface area contributed by atoms with Gasteiger partial charge in [-0.25, -0.2) is 0 Å². The molecule has 0 aliphatic rings. The zero-order chi connectivity index (χ0) is 20.4. The average molecular weight is 438 g/mol. The maximum Gasteiger partial charge on any atom is 0.245 e. The third kappa shape index (κ3) is 15.4. The van der Waals surface area contributed by atoms with E-state index in [1.165, 1.54) is 30.8 Å². The van der Waals surface area contributed by atoms with Crippen LogP contribution in [0.25, 0.3) is 0 Å². The van der Waals surface area contributed by atoms with Crippen LogP contribution < -0.4 is 0 Å². The normalized spacial score (nSPS) is 12.0. The molecule has 0 aliphatic heterocycles. The summed E-state index contributed by atoms with van der Waals surface area (Å²) in [7, 11) is -1.85. The first-order valence-electron chi connectivity index (χ1n) is 9.44. The van der Waals surface area contributed by atoms with E-state index in [9.17, 15) is 15.0 Å². The Morgan fingerprint density at radius 1 is 1.11 bits per heavy atom. The average Bonchev–Trinajstić information content (AvgIpc) is 2.50. The second-order valence-electron chi connectivity index (χ2n) is 8.26. The fourth-order valence-corrected chi connectivity index (χ4v) is 11.9. The standard InChI is InChI=1S/C18H39NO5Si2.2CH4/c1-8-10-13-25(4,5)24-26(6,7)14-11-12-23-16-18(21,22)15-19(3)17(20)9-2;;/h9,21-22H,2,8,10-16H2,1,3-7H3;2*1H4. The van der Waals surface area contributed by atoms with Gasteiger partial charge in [-0.1, -0.05) is 41.2 Å². The van der Waals surface area contributed by atoms with Crippen LogP contribution in [0.4, 0.5) is 0 Å². The molecule has 2 N–H and O–H groups in total. The molecule has 0 aromatic rings. The van der Waals surface area contributed by atoms with E-state index in [2.05, 4.69) is 39.7 Å². The molecule has 0 heterocycles. The Hall–Kier alpha value is -0.516. The summed E-state index contributed by atoms with van der Waals surface area (Å²) in [6.07, 6.45) is 4.39. The molecular formula is C20H47NO5Si2. The number of likely N-dealkylation sites (N-methyl/N-ethyl adjacent to an activating group) is 1. The maximum atomic E-state index is 11.4. The Morgan fingerprint density at radius 2 is 1.61 bits per heavy atom. The van der Waals surface area contributed by atoms with E-state index in [1.54, 1.807) is 0 Å². The summed E-state index contributed by atoms with van der Waals surface area (Å²) < 4.78 is 12.0. The van der Waals surface area contributed by atoms with E-state index in [-0.39, 0.29) is 33.9 Å². The van der Waals surface area contributed by atoms with Gasteiger partial charge in [0.2, 0.25) is 11.7 Å². The van der Waals surface area contributed by atoms with Crippen molar-refractivity contribution >= 4 is 22.5 Å². The molecule has 0 bridgehead atoms. The van der Waals surface area contributed by atoms with Crippen LogP contribution in [-0.4, -0.2) is 70.2 Å². The zero-order valence-corrected chi connectivity index (χ0v) is 19.5. The largest absolute Gasteiger partial charge is 0.455 e. The van der Waals surface area contributed by atoms with Gasteiger partial charge < -0.3 is 24.0 Å². The number of aliphatic hydroxyl groups is 2. The highest BCUT2D eigenvalue weighted by Gasteiger charge is 2.32. The second-order valence-corrected chi connectivity index (χ2v) is 17.1. The minimum Gasteiger partial charge on any atom is -0.455 e. The number of unbranched alkanes of at least 4 members (excludes halogenated alkanes) is 1. The van der Waals surface area contributed by atoms with E-state index in [0.29, 0.717) is 6.61 Å². The summed E-state index contributed by atoms with van der Waals surface area (Å²) in [6, 6.07) is 2.18. The quantitative estimate of drug-likeness (QED) is 0.184. The van der Waals surface area contributed by atoms with E-state index in [0.717, 1.165) is 18.5 Å². The summed E-state index contributed by atoms with van der Waals surface area (Å²) in [5.41, 5.74) is 0. The molecule has 0 saturated heterocycles. The van der Waals surface area contributed by atoms with Crippen LogP contribution in [0.2, 0.25) is 38.3 Å². The van der Waals surface area contributed by atoms with Gasteiger partial charge >= 0.3 is 0 Å². The van der Waals surface area contributed by atoms with Gasteiger partial charge in [-0.2, -0.15) is 0 Å². The van der Waals surface area contributed by atoms with Crippen molar-refractivity contribution in [2.45, 2.75) is 85.1 Å². The van der Waals surface area contributed by atoms with Gasteiger partial charge in [-0.05, 0) is 50.8 Å². The Bertz CT molecular complexity index is 442. The fourth-order valence-electron chi connectivity index (χ4n) is 2.95. The molecule has 0 fully saturated rings. The molecule has 0 unspecified atom stereocenters. The van der Waals surface area contributed by atoms with Crippen molar-refractivity contribution in [3.63, 3.8) is 0 Å². The summed E-state index contributed by atoms with van der Waals surface area (Å²) in [4.78, 5) is 12.6. The molecule has 170 valence electrons. The molecule has 1 amide bonds. The summed E-state index contributed by atoms with van der Waals surface area (Å²) in [5.74, 6) is -2.43. The predicted octanol–water partition coefficient (Wildman–Crippen LogP) is 4.22. The topological polar surface area (TPSA) is 79.2 Å². The van der Waals surface area contributed by atoms with E-state index in [1.807, 2.05) is 0 Å².